The van der Waals surface area contributed by atoms with Crippen LogP contribution in [0.2, 0.25) is 0 Å². The van der Waals surface area contributed by atoms with E-state index in [0.717, 1.165) is 26.0 Å². The fourth-order valence-electron chi connectivity index (χ4n) is 4.97. The molecule has 0 radical (unpaired) electrons. The van der Waals surface area contributed by atoms with Crippen LogP contribution in [0.3, 0.4) is 0 Å². The van der Waals surface area contributed by atoms with E-state index in [-0.39, 0.29) is 23.0 Å². The monoisotopic (exact) mass is 503 g/mol. The van der Waals surface area contributed by atoms with Crippen LogP contribution < -0.4 is 0 Å². The predicted octanol–water partition coefficient (Wildman–Crippen LogP) is 6.33. The Labute approximate surface area is 216 Å². The molecule has 1 atom stereocenters. The van der Waals surface area contributed by atoms with Crippen molar-refractivity contribution in [2.45, 2.75) is 44.6 Å². The average molecular weight is 504 g/mol. The molecule has 4 aromatic rings. The maximum atomic E-state index is 14.2. The summed E-state index contributed by atoms with van der Waals surface area (Å²) in [6.45, 7) is 4.81. The second-order valence-electron chi connectivity index (χ2n) is 9.79. The number of hydrogen-bond donors (Lipinski definition) is 1. The first-order valence-corrected chi connectivity index (χ1v) is 12.6. The minimum atomic E-state index is -1.86. The van der Waals surface area contributed by atoms with E-state index in [4.69, 9.17) is 9.15 Å². The van der Waals surface area contributed by atoms with E-state index in [0.29, 0.717) is 18.8 Å². The lowest BCUT2D eigenvalue weighted by atomic mass is 9.84. The molecule has 192 valence electrons. The normalized spacial score (nSPS) is 16.0. The van der Waals surface area contributed by atoms with E-state index >= 15 is 0 Å². The van der Waals surface area contributed by atoms with Crippen LogP contribution in [0.5, 0.6) is 0 Å². The van der Waals surface area contributed by atoms with Crippen LogP contribution in [0.4, 0.5) is 8.78 Å². The fraction of sp³-hybridized carbons (Fsp3) is 0.290. The Hall–Kier alpha value is -3.32. The first-order valence-electron chi connectivity index (χ1n) is 12.6. The quantitative estimate of drug-likeness (QED) is 0.290. The van der Waals surface area contributed by atoms with Crippen LogP contribution >= 0.6 is 0 Å². The molecule has 0 amide bonds. The summed E-state index contributed by atoms with van der Waals surface area (Å²) in [6.07, 6.45) is 2.24. The molecule has 1 aliphatic heterocycles. The molecule has 5 rings (SSSR count). The number of aliphatic hydroxyl groups is 1. The van der Waals surface area contributed by atoms with Crippen LogP contribution in [0, 0.1) is 18.6 Å². The summed E-state index contributed by atoms with van der Waals surface area (Å²) in [5.41, 5.74) is 1.05. The van der Waals surface area contributed by atoms with Crippen LogP contribution in [0.1, 0.15) is 46.6 Å². The average Bonchev–Trinajstić information content (AvgIpc) is 3.57. The van der Waals surface area contributed by atoms with Gasteiger partial charge in [0.15, 0.2) is 5.60 Å². The maximum absolute atomic E-state index is 14.2. The van der Waals surface area contributed by atoms with Crippen molar-refractivity contribution in [1.29, 1.82) is 0 Å². The predicted molar refractivity (Wildman–Crippen MR) is 138 cm³/mol. The Morgan fingerprint density at radius 3 is 2.16 bits per heavy atom. The number of nitrogens with zero attached hydrogens (tertiary/aromatic N) is 1. The number of aryl methyl sites for hydroxylation is 1. The van der Waals surface area contributed by atoms with E-state index in [9.17, 15) is 13.9 Å². The Balaban J connectivity index is 1.46. The molecule has 3 aromatic carbocycles. The summed E-state index contributed by atoms with van der Waals surface area (Å²) in [5.74, 6) is -0.155. The first kappa shape index (κ1) is 25.3. The zero-order valence-corrected chi connectivity index (χ0v) is 20.9. The van der Waals surface area contributed by atoms with E-state index in [1.165, 1.54) is 47.5 Å². The zero-order chi connectivity index (χ0) is 25.8. The topological polar surface area (TPSA) is 45.8 Å². The van der Waals surface area contributed by atoms with Crippen molar-refractivity contribution in [3.63, 3.8) is 0 Å². The van der Waals surface area contributed by atoms with E-state index in [1.54, 1.807) is 18.2 Å². The molecule has 1 N–H and O–H groups in total. The number of benzene rings is 3. The lowest BCUT2D eigenvalue weighted by Crippen LogP contribution is -2.31. The van der Waals surface area contributed by atoms with Gasteiger partial charge >= 0.3 is 0 Å². The standard InChI is InChI=1S/C31H31F2NO3/c1-22-10-12-23(13-11-22)19-34(20-28-9-4-16-36-28)21-29-14-15-30(37-29)31(35,24-5-2-7-26(32)17-24)25-6-3-8-27(33)18-25/h2-3,5-8,10-15,17-18,28,35H,4,9,16,19-21H2,1H3/t28-/m1/s1. The SMILES string of the molecule is Cc1ccc(CN(Cc2ccc(C(O)(c3cccc(F)c3)c3cccc(F)c3)o2)C[C@H]2CCCO2)cc1. The molecule has 0 saturated carbocycles. The molecule has 0 aliphatic carbocycles. The van der Waals surface area contributed by atoms with Crippen molar-refractivity contribution >= 4 is 0 Å². The van der Waals surface area contributed by atoms with Crippen molar-refractivity contribution in [3.8, 4) is 0 Å². The largest absolute Gasteiger partial charge is 0.461 e. The maximum Gasteiger partial charge on any atom is 0.173 e. The van der Waals surface area contributed by atoms with E-state index < -0.39 is 17.2 Å². The summed E-state index contributed by atoms with van der Waals surface area (Å²) in [7, 11) is 0. The molecule has 0 bridgehead atoms. The molecule has 1 saturated heterocycles. The Morgan fingerprint density at radius 2 is 1.57 bits per heavy atom. The molecule has 2 heterocycles. The Morgan fingerprint density at radius 1 is 0.892 bits per heavy atom. The molecule has 37 heavy (non-hydrogen) atoms. The van der Waals surface area contributed by atoms with Gasteiger partial charge in [-0.1, -0.05) is 54.1 Å². The number of ether oxygens (including phenoxy) is 1. The summed E-state index contributed by atoms with van der Waals surface area (Å²) in [6, 6.07) is 23.3. The van der Waals surface area contributed by atoms with Gasteiger partial charge in [0, 0.05) is 19.7 Å². The number of furan rings is 1. The van der Waals surface area contributed by atoms with Crippen LogP contribution in [-0.4, -0.2) is 29.3 Å². The zero-order valence-electron chi connectivity index (χ0n) is 20.9. The van der Waals surface area contributed by atoms with E-state index in [2.05, 4.69) is 36.1 Å². The number of halogens is 2. The summed E-state index contributed by atoms with van der Waals surface area (Å²) in [4.78, 5) is 2.27. The Bertz CT molecular complexity index is 1280. The van der Waals surface area contributed by atoms with Crippen molar-refractivity contribution in [2.24, 2.45) is 0 Å². The van der Waals surface area contributed by atoms with Crippen molar-refractivity contribution in [1.82, 2.24) is 4.90 Å². The molecule has 1 fully saturated rings. The highest BCUT2D eigenvalue weighted by Crippen LogP contribution is 2.38. The number of hydrogen-bond acceptors (Lipinski definition) is 4. The fourth-order valence-corrected chi connectivity index (χ4v) is 4.97. The van der Waals surface area contributed by atoms with Gasteiger partial charge < -0.3 is 14.3 Å². The first-order chi connectivity index (χ1) is 17.9. The molecule has 0 spiro atoms. The minimum absolute atomic E-state index is 0.163. The summed E-state index contributed by atoms with van der Waals surface area (Å²) in [5, 5.41) is 12.0. The van der Waals surface area contributed by atoms with Gasteiger partial charge in [-0.05, 0) is 72.9 Å². The molecular formula is C31H31F2NO3. The van der Waals surface area contributed by atoms with Crippen LogP contribution in [0.25, 0.3) is 0 Å². The lowest BCUT2D eigenvalue weighted by Gasteiger charge is -2.28. The van der Waals surface area contributed by atoms with Gasteiger partial charge in [0.25, 0.3) is 0 Å². The summed E-state index contributed by atoms with van der Waals surface area (Å²) < 4.78 is 40.5. The van der Waals surface area contributed by atoms with Crippen molar-refractivity contribution in [2.75, 3.05) is 13.2 Å². The van der Waals surface area contributed by atoms with E-state index in [1.807, 2.05) is 6.07 Å². The van der Waals surface area contributed by atoms with Crippen LogP contribution in [-0.2, 0) is 23.4 Å². The van der Waals surface area contributed by atoms with Gasteiger partial charge in [0.2, 0.25) is 0 Å². The third kappa shape index (κ3) is 5.82. The second-order valence-corrected chi connectivity index (χ2v) is 9.79. The van der Waals surface area contributed by atoms with Gasteiger partial charge in [-0.3, -0.25) is 4.90 Å². The second kappa shape index (κ2) is 11.0. The van der Waals surface area contributed by atoms with Gasteiger partial charge in [-0.15, -0.1) is 0 Å². The van der Waals surface area contributed by atoms with Gasteiger partial charge in [-0.25, -0.2) is 8.78 Å². The Kier molecular flexibility index (Phi) is 7.51. The molecular weight excluding hydrogens is 472 g/mol. The van der Waals surface area contributed by atoms with Gasteiger partial charge in [0.05, 0.1) is 12.6 Å². The molecule has 1 aromatic heterocycles. The summed E-state index contributed by atoms with van der Waals surface area (Å²) >= 11 is 0. The smallest absolute Gasteiger partial charge is 0.173 e. The molecule has 6 heteroatoms. The highest BCUT2D eigenvalue weighted by atomic mass is 19.1. The van der Waals surface area contributed by atoms with Crippen LogP contribution in [0.15, 0.2) is 89.3 Å². The third-order valence-corrected chi connectivity index (χ3v) is 6.90. The highest BCUT2D eigenvalue weighted by Gasteiger charge is 2.38. The number of rotatable bonds is 9. The molecule has 4 nitrogen and oxygen atoms in total. The van der Waals surface area contributed by atoms with Gasteiger partial charge in [-0.2, -0.15) is 0 Å². The van der Waals surface area contributed by atoms with Crippen molar-refractivity contribution in [3.05, 3.63) is 130 Å². The third-order valence-electron chi connectivity index (χ3n) is 6.90. The highest BCUT2D eigenvalue weighted by molar-refractivity contribution is 5.44. The molecule has 0 unspecified atom stereocenters. The van der Waals surface area contributed by atoms with Crippen molar-refractivity contribution < 1.29 is 23.0 Å². The van der Waals surface area contributed by atoms with Gasteiger partial charge in [0.1, 0.15) is 23.2 Å². The molecule has 1 aliphatic rings. The lowest BCUT2D eigenvalue weighted by molar-refractivity contribution is 0.0629. The minimum Gasteiger partial charge on any atom is -0.461 e.